The number of carbonyl (C=O) groups is 1. The molecule has 0 fully saturated rings. The number of nitrogens with zero attached hydrogens (tertiary/aromatic N) is 2. The van der Waals surface area contributed by atoms with E-state index in [1.165, 1.54) is 0 Å². The third-order valence-electron chi connectivity index (χ3n) is 5.12. The topological polar surface area (TPSA) is 44.1 Å². The van der Waals surface area contributed by atoms with Crippen molar-refractivity contribution in [3.8, 4) is 17.1 Å². The van der Waals surface area contributed by atoms with Crippen LogP contribution in [0.2, 0.25) is 0 Å². The van der Waals surface area contributed by atoms with Crippen LogP contribution in [0.1, 0.15) is 10.4 Å². The molecule has 0 spiro atoms. The number of hydrogen-bond acceptors (Lipinski definition) is 3. The highest BCUT2D eigenvalue weighted by Gasteiger charge is 2.21. The van der Waals surface area contributed by atoms with E-state index < -0.39 is 0 Å². The van der Waals surface area contributed by atoms with E-state index in [0.29, 0.717) is 17.1 Å². The zero-order valence-electron chi connectivity index (χ0n) is 15.9. The van der Waals surface area contributed by atoms with Crippen LogP contribution in [-0.4, -0.2) is 22.6 Å². The second kappa shape index (κ2) is 6.91. The Morgan fingerprint density at radius 3 is 2.45 bits per heavy atom. The highest BCUT2D eigenvalue weighted by Crippen LogP contribution is 2.32. The molecule has 0 aliphatic rings. The van der Waals surface area contributed by atoms with Gasteiger partial charge in [-0.2, -0.15) is 0 Å². The van der Waals surface area contributed by atoms with Crippen molar-refractivity contribution < 1.29 is 9.53 Å². The molecular weight excluding hydrogens is 360 g/mol. The van der Waals surface area contributed by atoms with E-state index >= 15 is 0 Å². The molecule has 4 aromatic carbocycles. The molecule has 5 aromatic rings. The van der Waals surface area contributed by atoms with Gasteiger partial charge in [-0.15, -0.1) is 0 Å². The molecule has 0 atom stereocenters. The molecule has 0 radical (unpaired) electrons. The van der Waals surface area contributed by atoms with Gasteiger partial charge in [-0.25, -0.2) is 4.98 Å². The number of ether oxygens (including phenoxy) is 1. The summed E-state index contributed by atoms with van der Waals surface area (Å²) in [6.07, 6.45) is 0. The van der Waals surface area contributed by atoms with Crippen LogP contribution < -0.4 is 4.74 Å². The Labute approximate surface area is 168 Å². The van der Waals surface area contributed by atoms with Crippen molar-refractivity contribution in [1.29, 1.82) is 0 Å². The average molecular weight is 378 g/mol. The molecule has 0 saturated carbocycles. The summed E-state index contributed by atoms with van der Waals surface area (Å²) < 4.78 is 7.06. The average Bonchev–Trinajstić information content (AvgIpc) is 3.17. The van der Waals surface area contributed by atoms with Gasteiger partial charge in [-0.1, -0.05) is 60.7 Å². The van der Waals surface area contributed by atoms with Crippen LogP contribution >= 0.6 is 0 Å². The maximum absolute atomic E-state index is 13.5. The molecular formula is C25H18N2O2. The third-order valence-corrected chi connectivity index (χ3v) is 5.12. The molecule has 1 aromatic heterocycles. The van der Waals surface area contributed by atoms with Crippen LogP contribution in [0.25, 0.3) is 33.2 Å². The van der Waals surface area contributed by atoms with Gasteiger partial charge in [0.05, 0.1) is 18.1 Å². The van der Waals surface area contributed by atoms with Crippen LogP contribution in [0.4, 0.5) is 0 Å². The number of methoxy groups -OCH3 is 1. The quantitative estimate of drug-likeness (QED) is 0.413. The summed E-state index contributed by atoms with van der Waals surface area (Å²) in [7, 11) is 1.62. The van der Waals surface area contributed by atoms with E-state index in [1.54, 1.807) is 11.7 Å². The second-order valence-corrected chi connectivity index (χ2v) is 6.82. The number of imidazole rings is 1. The fourth-order valence-electron chi connectivity index (χ4n) is 3.70. The summed E-state index contributed by atoms with van der Waals surface area (Å²) in [4.78, 5) is 18.3. The lowest BCUT2D eigenvalue weighted by molar-refractivity contribution is 0.0966. The van der Waals surface area contributed by atoms with Crippen LogP contribution in [0.3, 0.4) is 0 Å². The standard InChI is InChI=1S/C25H18N2O2/c1-29-19-14-15-23-22(16-19)26-24(27(23)25(28)18-9-3-2-4-10-18)21-13-7-11-17-8-5-6-12-20(17)21/h2-16H,1H3. The van der Waals surface area contributed by atoms with Crippen molar-refractivity contribution in [2.45, 2.75) is 0 Å². The molecule has 140 valence electrons. The van der Waals surface area contributed by atoms with E-state index in [-0.39, 0.29) is 5.91 Å². The molecule has 0 saturated heterocycles. The summed E-state index contributed by atoms with van der Waals surface area (Å²) in [5.41, 5.74) is 3.01. The van der Waals surface area contributed by atoms with Crippen molar-refractivity contribution in [2.75, 3.05) is 7.11 Å². The number of aromatic nitrogens is 2. The predicted octanol–water partition coefficient (Wildman–Crippen LogP) is 5.55. The first-order valence-electron chi connectivity index (χ1n) is 9.40. The van der Waals surface area contributed by atoms with E-state index in [1.807, 2.05) is 72.8 Å². The third kappa shape index (κ3) is 2.86. The normalized spacial score (nSPS) is 11.1. The van der Waals surface area contributed by atoms with Gasteiger partial charge in [0.2, 0.25) is 0 Å². The minimum absolute atomic E-state index is 0.110. The summed E-state index contributed by atoms with van der Waals surface area (Å²) in [6, 6.07) is 29.1. The summed E-state index contributed by atoms with van der Waals surface area (Å²) in [5.74, 6) is 1.22. The molecule has 29 heavy (non-hydrogen) atoms. The van der Waals surface area contributed by atoms with Crippen LogP contribution in [-0.2, 0) is 0 Å². The maximum atomic E-state index is 13.5. The predicted molar refractivity (Wildman–Crippen MR) is 115 cm³/mol. The largest absolute Gasteiger partial charge is 0.497 e. The Balaban J connectivity index is 1.84. The Hall–Kier alpha value is -3.92. The fraction of sp³-hybridized carbons (Fsp3) is 0.0400. The molecule has 0 aliphatic heterocycles. The first-order valence-corrected chi connectivity index (χ1v) is 9.40. The molecule has 0 bridgehead atoms. The zero-order valence-corrected chi connectivity index (χ0v) is 15.9. The van der Waals surface area contributed by atoms with Gasteiger partial charge < -0.3 is 4.74 Å². The van der Waals surface area contributed by atoms with Gasteiger partial charge >= 0.3 is 0 Å². The first kappa shape index (κ1) is 17.2. The molecule has 0 amide bonds. The monoisotopic (exact) mass is 378 g/mol. The van der Waals surface area contributed by atoms with E-state index in [9.17, 15) is 4.79 Å². The lowest BCUT2D eigenvalue weighted by atomic mass is 10.0. The molecule has 4 nitrogen and oxygen atoms in total. The first-order chi connectivity index (χ1) is 14.3. The number of hydrogen-bond donors (Lipinski definition) is 0. The molecule has 0 unspecified atom stereocenters. The minimum Gasteiger partial charge on any atom is -0.497 e. The highest BCUT2D eigenvalue weighted by atomic mass is 16.5. The summed E-state index contributed by atoms with van der Waals surface area (Å²) in [5, 5.41) is 2.16. The van der Waals surface area contributed by atoms with Crippen LogP contribution in [0.5, 0.6) is 5.75 Å². The number of benzene rings is 4. The van der Waals surface area contributed by atoms with Crippen molar-refractivity contribution in [1.82, 2.24) is 9.55 Å². The number of fused-ring (bicyclic) bond motifs is 2. The second-order valence-electron chi connectivity index (χ2n) is 6.82. The van der Waals surface area contributed by atoms with E-state index in [4.69, 9.17) is 9.72 Å². The van der Waals surface area contributed by atoms with Crippen molar-refractivity contribution in [3.63, 3.8) is 0 Å². The molecule has 0 aliphatic carbocycles. The van der Waals surface area contributed by atoms with Gasteiger partial charge in [0.25, 0.3) is 5.91 Å². The minimum atomic E-state index is -0.110. The van der Waals surface area contributed by atoms with E-state index in [0.717, 1.165) is 27.4 Å². The Bertz CT molecular complexity index is 1350. The molecule has 4 heteroatoms. The van der Waals surface area contributed by atoms with E-state index in [2.05, 4.69) is 18.2 Å². The van der Waals surface area contributed by atoms with Crippen molar-refractivity contribution >= 4 is 27.7 Å². The molecule has 1 heterocycles. The Morgan fingerprint density at radius 1 is 0.862 bits per heavy atom. The SMILES string of the molecule is COc1ccc2c(c1)nc(-c1cccc3ccccc13)n2C(=O)c1ccccc1. The lowest BCUT2D eigenvalue weighted by Crippen LogP contribution is -2.13. The van der Waals surface area contributed by atoms with Crippen molar-refractivity contribution in [2.24, 2.45) is 0 Å². The molecule has 0 N–H and O–H groups in total. The van der Waals surface area contributed by atoms with Crippen LogP contribution in [0.15, 0.2) is 91.0 Å². The number of carbonyl (C=O) groups excluding carboxylic acids is 1. The smallest absolute Gasteiger partial charge is 0.264 e. The van der Waals surface area contributed by atoms with Gasteiger partial charge in [-0.05, 0) is 35.0 Å². The van der Waals surface area contributed by atoms with Gasteiger partial charge in [-0.3, -0.25) is 9.36 Å². The fourth-order valence-corrected chi connectivity index (χ4v) is 3.70. The highest BCUT2D eigenvalue weighted by molar-refractivity contribution is 6.06. The zero-order chi connectivity index (χ0) is 19.8. The Kier molecular flexibility index (Phi) is 4.10. The van der Waals surface area contributed by atoms with Gasteiger partial charge in [0.1, 0.15) is 11.6 Å². The Morgan fingerprint density at radius 2 is 1.62 bits per heavy atom. The van der Waals surface area contributed by atoms with Gasteiger partial charge in [0.15, 0.2) is 0 Å². The molecule has 5 rings (SSSR count). The van der Waals surface area contributed by atoms with Gasteiger partial charge in [0, 0.05) is 17.2 Å². The summed E-state index contributed by atoms with van der Waals surface area (Å²) in [6.45, 7) is 0. The lowest BCUT2D eigenvalue weighted by Gasteiger charge is -2.10. The number of rotatable bonds is 3. The van der Waals surface area contributed by atoms with Crippen molar-refractivity contribution in [3.05, 3.63) is 96.6 Å². The summed E-state index contributed by atoms with van der Waals surface area (Å²) >= 11 is 0. The van der Waals surface area contributed by atoms with Crippen LogP contribution in [0, 0.1) is 0 Å². The maximum Gasteiger partial charge on any atom is 0.264 e.